The van der Waals surface area contributed by atoms with Crippen LogP contribution in [0.3, 0.4) is 0 Å². The highest BCUT2D eigenvalue weighted by atomic mass is 35.5. The van der Waals surface area contributed by atoms with Crippen molar-refractivity contribution in [3.05, 3.63) is 67.8 Å². The van der Waals surface area contributed by atoms with E-state index in [9.17, 15) is 30.2 Å². The zero-order chi connectivity index (χ0) is 20.2. The van der Waals surface area contributed by atoms with Crippen LogP contribution in [0.1, 0.15) is 0 Å². The number of benzene rings is 3. The molecule has 0 spiro atoms. The molecule has 140 valence electrons. The van der Waals surface area contributed by atoms with E-state index in [2.05, 4.69) is 0 Å². The van der Waals surface area contributed by atoms with E-state index in [1.165, 1.54) is 24.3 Å². The van der Waals surface area contributed by atoms with E-state index in [4.69, 9.17) is 16.0 Å². The van der Waals surface area contributed by atoms with E-state index >= 15 is 0 Å². The van der Waals surface area contributed by atoms with Crippen LogP contribution in [-0.2, 0) is 0 Å². The van der Waals surface area contributed by atoms with Gasteiger partial charge < -0.3 is 19.7 Å². The van der Waals surface area contributed by atoms with Crippen LogP contribution in [0.4, 0.5) is 5.69 Å². The quantitative estimate of drug-likeness (QED) is 0.198. The van der Waals surface area contributed by atoms with Crippen molar-refractivity contribution in [2.75, 3.05) is 0 Å². The van der Waals surface area contributed by atoms with Gasteiger partial charge >= 0.3 is 0 Å². The van der Waals surface area contributed by atoms with Gasteiger partial charge in [0.05, 0.1) is 4.92 Å². The van der Waals surface area contributed by atoms with Crippen LogP contribution in [-0.4, -0.2) is 20.2 Å². The highest BCUT2D eigenvalue weighted by Gasteiger charge is 2.23. The van der Waals surface area contributed by atoms with Gasteiger partial charge in [0.25, 0.3) is 5.69 Å². The Balaban J connectivity index is 2.24. The highest BCUT2D eigenvalue weighted by molar-refractivity contribution is 6.34. The summed E-state index contributed by atoms with van der Waals surface area (Å²) < 4.78 is 5.64. The number of nitrogens with zero attached hydrogens (tertiary/aromatic N) is 1. The molecule has 0 fully saturated rings. The molecule has 1 aliphatic carbocycles. The summed E-state index contributed by atoms with van der Waals surface area (Å²) in [7, 11) is 0. The number of aromatic hydroxyl groups is 3. The third-order valence-corrected chi connectivity index (χ3v) is 4.66. The Kier molecular flexibility index (Phi) is 3.86. The van der Waals surface area contributed by atoms with Crippen molar-refractivity contribution in [2.24, 2.45) is 0 Å². The van der Waals surface area contributed by atoms with Gasteiger partial charge in [-0.3, -0.25) is 14.9 Å². The first-order valence-electron chi connectivity index (χ1n) is 7.86. The summed E-state index contributed by atoms with van der Waals surface area (Å²) >= 11 is 6.29. The number of halogens is 1. The molecule has 0 radical (unpaired) electrons. The van der Waals surface area contributed by atoms with E-state index in [0.717, 1.165) is 18.2 Å². The number of nitro groups is 1. The molecule has 3 N–H and O–H groups in total. The molecule has 9 heteroatoms. The fourth-order valence-corrected chi connectivity index (χ4v) is 3.25. The van der Waals surface area contributed by atoms with Gasteiger partial charge in [-0.1, -0.05) is 11.6 Å². The van der Waals surface area contributed by atoms with Crippen LogP contribution in [0, 0.1) is 10.1 Å². The Morgan fingerprint density at radius 2 is 1.64 bits per heavy atom. The Bertz CT molecular complexity index is 1310. The summed E-state index contributed by atoms with van der Waals surface area (Å²) in [5.41, 5.74) is -0.0493. The molecule has 0 amide bonds. The zero-order valence-electron chi connectivity index (χ0n) is 13.8. The molecule has 2 aromatic rings. The van der Waals surface area contributed by atoms with E-state index in [-0.39, 0.29) is 44.1 Å². The second kappa shape index (κ2) is 6.14. The standard InChI is InChI=1S/C19H10ClNO7/c20-12-2-1-8(21(26)27)3-9(12)19-10-4-13(22)15(24)6-17(10)28-18-7-16(25)14(23)5-11(18)19/h1-7,22-24H. The van der Waals surface area contributed by atoms with Crippen LogP contribution in [0.2, 0.25) is 5.02 Å². The number of hydrogen-bond acceptors (Lipinski definition) is 7. The number of phenolic OH excluding ortho intramolecular Hbond substituents is 3. The first kappa shape index (κ1) is 17.6. The molecule has 28 heavy (non-hydrogen) atoms. The highest BCUT2D eigenvalue weighted by Crippen LogP contribution is 2.46. The topological polar surface area (TPSA) is 134 Å². The Morgan fingerprint density at radius 1 is 0.929 bits per heavy atom. The number of hydrogen-bond donors (Lipinski definition) is 3. The van der Waals surface area contributed by atoms with E-state index in [1.807, 2.05) is 0 Å². The van der Waals surface area contributed by atoms with Crippen LogP contribution in [0.5, 0.6) is 17.2 Å². The predicted octanol–water partition coefficient (Wildman–Crippen LogP) is 4.24. The van der Waals surface area contributed by atoms with E-state index in [1.54, 1.807) is 0 Å². The van der Waals surface area contributed by atoms with Crippen LogP contribution < -0.4 is 5.43 Å². The SMILES string of the molecule is O=c1cc2oc3cc(O)c(O)cc3c(-c3cc([N+](=O)[O-])ccc3Cl)c-2cc1O. The van der Waals surface area contributed by atoms with Gasteiger partial charge in [0.2, 0.25) is 5.43 Å². The van der Waals surface area contributed by atoms with Crippen LogP contribution in [0.15, 0.2) is 51.7 Å². The lowest BCUT2D eigenvalue weighted by Crippen LogP contribution is -2.02. The largest absolute Gasteiger partial charge is 0.504 e. The van der Waals surface area contributed by atoms with Gasteiger partial charge in [0, 0.05) is 51.4 Å². The number of rotatable bonds is 2. The molecule has 0 unspecified atom stereocenters. The van der Waals surface area contributed by atoms with E-state index in [0.29, 0.717) is 0 Å². The molecule has 1 heterocycles. The Labute approximate surface area is 161 Å². The molecule has 0 aromatic heterocycles. The first-order chi connectivity index (χ1) is 13.3. The van der Waals surface area contributed by atoms with Gasteiger partial charge in [0.15, 0.2) is 17.2 Å². The van der Waals surface area contributed by atoms with Gasteiger partial charge in [-0.2, -0.15) is 0 Å². The number of fused-ring (bicyclic) bond motifs is 2. The normalized spacial score (nSPS) is 11.2. The first-order valence-corrected chi connectivity index (χ1v) is 8.24. The maximum absolute atomic E-state index is 11.8. The second-order valence-electron chi connectivity index (χ2n) is 6.05. The van der Waals surface area contributed by atoms with Crippen molar-refractivity contribution in [1.82, 2.24) is 0 Å². The predicted molar refractivity (Wildman–Crippen MR) is 101 cm³/mol. The molecule has 1 aliphatic heterocycles. The molecule has 2 aliphatic rings. The minimum Gasteiger partial charge on any atom is -0.504 e. The molecular weight excluding hydrogens is 390 g/mol. The maximum atomic E-state index is 11.8. The van der Waals surface area contributed by atoms with Crippen LogP contribution >= 0.6 is 11.6 Å². The van der Waals surface area contributed by atoms with Crippen molar-refractivity contribution >= 4 is 28.3 Å². The molecule has 2 aromatic carbocycles. The van der Waals surface area contributed by atoms with Gasteiger partial charge in [-0.15, -0.1) is 0 Å². The fraction of sp³-hybridized carbons (Fsp3) is 0. The van der Waals surface area contributed by atoms with Crippen molar-refractivity contribution < 1.29 is 24.7 Å². The van der Waals surface area contributed by atoms with Gasteiger partial charge in [-0.25, -0.2) is 0 Å². The van der Waals surface area contributed by atoms with Crippen molar-refractivity contribution in [2.45, 2.75) is 0 Å². The summed E-state index contributed by atoms with van der Waals surface area (Å²) in [5, 5.41) is 41.3. The molecule has 0 saturated heterocycles. The molecule has 4 rings (SSSR count). The summed E-state index contributed by atoms with van der Waals surface area (Å²) in [6, 6.07) is 8.40. The zero-order valence-corrected chi connectivity index (χ0v) is 14.6. The van der Waals surface area contributed by atoms with E-state index < -0.39 is 27.6 Å². The molecule has 8 nitrogen and oxygen atoms in total. The van der Waals surface area contributed by atoms with Crippen LogP contribution in [0.25, 0.3) is 33.4 Å². The summed E-state index contributed by atoms with van der Waals surface area (Å²) in [5.74, 6) is -1.38. The number of phenols is 3. The Hall–Kier alpha value is -3.78. The number of non-ortho nitro benzene ring substituents is 1. The number of nitro benzene ring substituents is 1. The van der Waals surface area contributed by atoms with Crippen molar-refractivity contribution in [3.63, 3.8) is 0 Å². The minimum absolute atomic E-state index is 0.0676. The second-order valence-corrected chi connectivity index (χ2v) is 6.46. The average Bonchev–Trinajstić information content (AvgIpc) is 2.63. The smallest absolute Gasteiger partial charge is 0.270 e. The molecule has 0 saturated carbocycles. The molecule has 0 atom stereocenters. The summed E-state index contributed by atoms with van der Waals surface area (Å²) in [6.07, 6.45) is 0. The van der Waals surface area contributed by atoms with Gasteiger partial charge in [0.1, 0.15) is 11.3 Å². The molecular formula is C19H10ClNO7. The minimum atomic E-state index is -0.685. The maximum Gasteiger partial charge on any atom is 0.270 e. The van der Waals surface area contributed by atoms with Crippen molar-refractivity contribution in [1.29, 1.82) is 0 Å². The van der Waals surface area contributed by atoms with Crippen molar-refractivity contribution in [3.8, 4) is 39.7 Å². The monoisotopic (exact) mass is 399 g/mol. The fourth-order valence-electron chi connectivity index (χ4n) is 3.04. The molecule has 0 bridgehead atoms. The summed E-state index contributed by atoms with van der Waals surface area (Å²) in [4.78, 5) is 22.5. The lowest BCUT2D eigenvalue weighted by atomic mass is 9.93. The summed E-state index contributed by atoms with van der Waals surface area (Å²) in [6.45, 7) is 0. The third kappa shape index (κ3) is 2.67. The lowest BCUT2D eigenvalue weighted by Gasteiger charge is -2.16. The lowest BCUT2D eigenvalue weighted by molar-refractivity contribution is -0.384. The average molecular weight is 400 g/mol. The Morgan fingerprint density at radius 3 is 2.36 bits per heavy atom. The third-order valence-electron chi connectivity index (χ3n) is 4.33. The van der Waals surface area contributed by atoms with Gasteiger partial charge in [-0.05, 0) is 18.2 Å².